The Labute approximate surface area is 97.8 Å². The third kappa shape index (κ3) is 2.45. The van der Waals surface area contributed by atoms with Crippen LogP contribution in [-0.2, 0) is 4.79 Å². The van der Waals surface area contributed by atoms with E-state index < -0.39 is 0 Å². The molecule has 3 nitrogen and oxygen atoms in total. The molecule has 4 heteroatoms. The Balaban J connectivity index is 0.00000112. The van der Waals surface area contributed by atoms with E-state index in [9.17, 15) is 4.79 Å². The van der Waals surface area contributed by atoms with Gasteiger partial charge in [0.2, 0.25) is 5.91 Å². The van der Waals surface area contributed by atoms with Crippen molar-refractivity contribution < 1.29 is 4.79 Å². The average Bonchev–Trinajstić information content (AvgIpc) is 2.84. The molecule has 1 heterocycles. The van der Waals surface area contributed by atoms with Crippen LogP contribution in [0.5, 0.6) is 0 Å². The molecule has 1 unspecified atom stereocenters. The van der Waals surface area contributed by atoms with Crippen molar-refractivity contribution >= 4 is 18.3 Å². The van der Waals surface area contributed by atoms with Crippen LogP contribution in [0.4, 0.5) is 0 Å². The molecule has 2 atom stereocenters. The first-order chi connectivity index (χ1) is 6.54. The topological polar surface area (TPSA) is 46.3 Å². The fraction of sp³-hybridized carbons (Fsp3) is 0.909. The number of carbonyl (C=O) groups is 1. The molecule has 0 bridgehead atoms. The molecule has 0 radical (unpaired) electrons. The molecule has 15 heavy (non-hydrogen) atoms. The summed E-state index contributed by atoms with van der Waals surface area (Å²) in [6.07, 6.45) is 5.12. The number of amides is 1. The van der Waals surface area contributed by atoms with Crippen molar-refractivity contribution in [3.05, 3.63) is 0 Å². The fourth-order valence-corrected chi connectivity index (χ4v) is 2.64. The Morgan fingerprint density at radius 2 is 2.07 bits per heavy atom. The molecule has 1 saturated carbocycles. The number of rotatable bonds is 1. The molecule has 2 rings (SSSR count). The summed E-state index contributed by atoms with van der Waals surface area (Å²) < 4.78 is 0. The van der Waals surface area contributed by atoms with E-state index in [0.29, 0.717) is 11.5 Å². The second-order valence-corrected chi connectivity index (χ2v) is 5.12. The van der Waals surface area contributed by atoms with Crippen LogP contribution in [0, 0.1) is 5.41 Å². The zero-order valence-electron chi connectivity index (χ0n) is 9.53. The lowest BCUT2D eigenvalue weighted by Crippen LogP contribution is -2.50. The van der Waals surface area contributed by atoms with Gasteiger partial charge >= 0.3 is 0 Å². The highest BCUT2D eigenvalue weighted by atomic mass is 35.5. The molecule has 2 N–H and O–H groups in total. The largest absolute Gasteiger partial charge is 0.339 e. The lowest BCUT2D eigenvalue weighted by Gasteiger charge is -2.39. The van der Waals surface area contributed by atoms with Crippen LogP contribution in [0.1, 0.15) is 39.5 Å². The fourth-order valence-electron chi connectivity index (χ4n) is 2.64. The van der Waals surface area contributed by atoms with E-state index in [-0.39, 0.29) is 24.4 Å². The molecule has 1 aliphatic carbocycles. The van der Waals surface area contributed by atoms with Crippen LogP contribution in [0.25, 0.3) is 0 Å². The van der Waals surface area contributed by atoms with Gasteiger partial charge in [-0.3, -0.25) is 4.79 Å². The smallest absolute Gasteiger partial charge is 0.239 e. The molecule has 88 valence electrons. The van der Waals surface area contributed by atoms with E-state index in [1.165, 1.54) is 25.7 Å². The minimum Gasteiger partial charge on any atom is -0.339 e. The van der Waals surface area contributed by atoms with Crippen LogP contribution in [0.3, 0.4) is 0 Å². The van der Waals surface area contributed by atoms with Gasteiger partial charge in [-0.2, -0.15) is 0 Å². The van der Waals surface area contributed by atoms with Crippen LogP contribution in [-0.4, -0.2) is 29.4 Å². The van der Waals surface area contributed by atoms with Crippen LogP contribution < -0.4 is 5.73 Å². The van der Waals surface area contributed by atoms with E-state index in [1.54, 1.807) is 6.92 Å². The molecule has 0 aromatic heterocycles. The monoisotopic (exact) mass is 232 g/mol. The number of hydrogen-bond donors (Lipinski definition) is 1. The van der Waals surface area contributed by atoms with Gasteiger partial charge in [0.15, 0.2) is 0 Å². The Hall–Kier alpha value is -0.280. The summed E-state index contributed by atoms with van der Waals surface area (Å²) in [7, 11) is 0. The number of carbonyl (C=O) groups excluding carboxylic acids is 1. The first-order valence-electron chi connectivity index (χ1n) is 5.60. The summed E-state index contributed by atoms with van der Waals surface area (Å²) in [4.78, 5) is 13.7. The number of piperidine rings is 1. The molecule has 2 fully saturated rings. The van der Waals surface area contributed by atoms with Gasteiger partial charge in [0.05, 0.1) is 6.04 Å². The minimum atomic E-state index is -0.342. The van der Waals surface area contributed by atoms with Gasteiger partial charge in [0.25, 0.3) is 0 Å². The van der Waals surface area contributed by atoms with Gasteiger partial charge < -0.3 is 10.6 Å². The molecule has 2 aliphatic rings. The number of hydrogen-bond acceptors (Lipinski definition) is 2. The third-order valence-corrected chi connectivity index (χ3v) is 3.77. The molecule has 0 aromatic rings. The van der Waals surface area contributed by atoms with Gasteiger partial charge in [0.1, 0.15) is 0 Å². The van der Waals surface area contributed by atoms with Crippen molar-refractivity contribution in [1.82, 2.24) is 4.90 Å². The lowest BCUT2D eigenvalue weighted by molar-refractivity contribution is -0.136. The van der Waals surface area contributed by atoms with Crippen molar-refractivity contribution in [2.45, 2.75) is 51.6 Å². The van der Waals surface area contributed by atoms with Crippen molar-refractivity contribution in [1.29, 1.82) is 0 Å². The predicted octanol–water partition coefficient (Wildman–Crippen LogP) is 1.55. The maximum Gasteiger partial charge on any atom is 0.239 e. The zero-order valence-corrected chi connectivity index (χ0v) is 10.3. The average molecular weight is 233 g/mol. The van der Waals surface area contributed by atoms with E-state index in [2.05, 4.69) is 6.92 Å². The van der Waals surface area contributed by atoms with Gasteiger partial charge in [-0.1, -0.05) is 0 Å². The van der Waals surface area contributed by atoms with E-state index in [1.807, 2.05) is 4.90 Å². The maximum absolute atomic E-state index is 11.7. The number of halogens is 1. The SMILES string of the molecule is CC1CC2(CCN1C(=O)[C@@H](C)N)CC2.Cl. The van der Waals surface area contributed by atoms with E-state index >= 15 is 0 Å². The number of likely N-dealkylation sites (tertiary alicyclic amines) is 1. The second kappa shape index (κ2) is 4.30. The summed E-state index contributed by atoms with van der Waals surface area (Å²) in [5.74, 6) is 0.119. The molecular formula is C11H21ClN2O. The summed E-state index contributed by atoms with van der Waals surface area (Å²) >= 11 is 0. The highest BCUT2D eigenvalue weighted by Crippen LogP contribution is 2.55. The van der Waals surface area contributed by atoms with Gasteiger partial charge in [0, 0.05) is 12.6 Å². The summed E-state index contributed by atoms with van der Waals surface area (Å²) in [6, 6.07) is 0.0513. The lowest BCUT2D eigenvalue weighted by atomic mass is 9.88. The molecule has 1 aliphatic heterocycles. The first kappa shape index (κ1) is 12.8. The standard InChI is InChI=1S/C11H20N2O.ClH/c1-8-7-11(3-4-11)5-6-13(8)10(14)9(2)12;/h8-9H,3-7,12H2,1-2H3;1H/t8?,9-;/m1./s1. The summed E-state index contributed by atoms with van der Waals surface area (Å²) in [5.41, 5.74) is 6.24. The molecule has 0 aromatic carbocycles. The van der Waals surface area contributed by atoms with E-state index in [4.69, 9.17) is 5.73 Å². The Kier molecular flexibility index (Phi) is 3.67. The van der Waals surface area contributed by atoms with Crippen molar-refractivity contribution in [3.63, 3.8) is 0 Å². The highest BCUT2D eigenvalue weighted by Gasteiger charge is 2.47. The van der Waals surface area contributed by atoms with Crippen LogP contribution >= 0.6 is 12.4 Å². The van der Waals surface area contributed by atoms with Gasteiger partial charge in [-0.15, -0.1) is 12.4 Å². The molecular weight excluding hydrogens is 212 g/mol. The Morgan fingerprint density at radius 3 is 2.47 bits per heavy atom. The molecule has 1 amide bonds. The van der Waals surface area contributed by atoms with E-state index in [0.717, 1.165) is 6.54 Å². The Bertz CT molecular complexity index is 251. The van der Waals surface area contributed by atoms with Crippen LogP contribution in [0.2, 0.25) is 0 Å². The van der Waals surface area contributed by atoms with Gasteiger partial charge in [-0.05, 0) is 44.9 Å². The summed E-state index contributed by atoms with van der Waals surface area (Å²) in [5, 5.41) is 0. The van der Waals surface area contributed by atoms with Crippen molar-refractivity contribution in [2.75, 3.05) is 6.54 Å². The predicted molar refractivity (Wildman–Crippen MR) is 63.0 cm³/mol. The number of nitrogens with zero attached hydrogens (tertiary/aromatic N) is 1. The minimum absolute atomic E-state index is 0. The highest BCUT2D eigenvalue weighted by molar-refractivity contribution is 5.85. The van der Waals surface area contributed by atoms with Gasteiger partial charge in [-0.25, -0.2) is 0 Å². The molecule has 1 spiro atoms. The first-order valence-corrected chi connectivity index (χ1v) is 5.60. The third-order valence-electron chi connectivity index (χ3n) is 3.77. The quantitative estimate of drug-likeness (QED) is 0.746. The summed E-state index contributed by atoms with van der Waals surface area (Å²) in [6.45, 7) is 4.84. The maximum atomic E-state index is 11.7. The Morgan fingerprint density at radius 1 is 1.47 bits per heavy atom. The molecule has 1 saturated heterocycles. The second-order valence-electron chi connectivity index (χ2n) is 5.12. The van der Waals surface area contributed by atoms with Crippen molar-refractivity contribution in [2.24, 2.45) is 11.1 Å². The van der Waals surface area contributed by atoms with Crippen LogP contribution in [0.15, 0.2) is 0 Å². The van der Waals surface area contributed by atoms with Crippen molar-refractivity contribution in [3.8, 4) is 0 Å². The normalized spacial score (nSPS) is 29.5. The zero-order chi connectivity index (χ0) is 10.3. The number of nitrogens with two attached hydrogens (primary N) is 1.